The van der Waals surface area contributed by atoms with Crippen LogP contribution >= 0.6 is 11.8 Å². The fourth-order valence-electron chi connectivity index (χ4n) is 3.44. The zero-order chi connectivity index (χ0) is 22.9. The van der Waals surface area contributed by atoms with Crippen molar-refractivity contribution in [2.45, 2.75) is 16.7 Å². The Balaban J connectivity index is 1.53. The normalized spacial score (nSPS) is 13.5. The van der Waals surface area contributed by atoms with E-state index in [0.717, 1.165) is 26.9 Å². The lowest BCUT2D eigenvalue weighted by atomic mass is 10.1. The number of benzene rings is 1. The number of alkyl halides is 1. The van der Waals surface area contributed by atoms with Crippen LogP contribution in [-0.2, 0) is 18.5 Å². The van der Waals surface area contributed by atoms with Crippen molar-refractivity contribution in [3.8, 4) is 5.75 Å². The average Bonchev–Trinajstić information content (AvgIpc) is 3.42. The topological polar surface area (TPSA) is 99.8 Å². The Morgan fingerprint density at radius 1 is 1.36 bits per heavy atom. The van der Waals surface area contributed by atoms with Crippen molar-refractivity contribution < 1.29 is 13.9 Å². The van der Waals surface area contributed by atoms with E-state index >= 15 is 0 Å². The number of allylic oxidation sites excluding steroid dienone is 2. The van der Waals surface area contributed by atoms with Gasteiger partial charge < -0.3 is 10.1 Å². The Morgan fingerprint density at radius 3 is 3.00 bits per heavy atom. The lowest BCUT2D eigenvalue weighted by Crippen LogP contribution is -2.25. The maximum absolute atomic E-state index is 13.7. The number of halogens is 1. The number of fused-ring (bicyclic) bond motifs is 3. The van der Waals surface area contributed by atoms with Gasteiger partial charge in [0.05, 0.1) is 17.9 Å². The SMILES string of the molecule is C=C/C(=C\n1c(CF)nnc1Sc1ccc2ncc3c(c2c1)OCC(=O)N3)c1cnn(C)c1. The van der Waals surface area contributed by atoms with E-state index in [1.165, 1.54) is 11.8 Å². The van der Waals surface area contributed by atoms with Crippen molar-refractivity contribution in [1.82, 2.24) is 29.5 Å². The second kappa shape index (κ2) is 8.51. The lowest BCUT2D eigenvalue weighted by molar-refractivity contribution is -0.118. The summed E-state index contributed by atoms with van der Waals surface area (Å²) < 4.78 is 22.6. The second-order valence-electron chi connectivity index (χ2n) is 7.21. The van der Waals surface area contributed by atoms with Gasteiger partial charge in [-0.1, -0.05) is 12.7 Å². The van der Waals surface area contributed by atoms with Crippen LogP contribution in [0.25, 0.3) is 22.7 Å². The van der Waals surface area contributed by atoms with Crippen molar-refractivity contribution >= 4 is 46.0 Å². The maximum atomic E-state index is 13.7. The molecule has 166 valence electrons. The van der Waals surface area contributed by atoms with Gasteiger partial charge in [0.25, 0.3) is 5.91 Å². The van der Waals surface area contributed by atoms with Gasteiger partial charge in [-0.15, -0.1) is 10.2 Å². The van der Waals surface area contributed by atoms with E-state index < -0.39 is 6.67 Å². The van der Waals surface area contributed by atoms with Crippen LogP contribution in [0.1, 0.15) is 11.4 Å². The fourth-order valence-corrected chi connectivity index (χ4v) is 4.30. The largest absolute Gasteiger partial charge is 0.481 e. The molecule has 0 radical (unpaired) electrons. The molecule has 11 heteroatoms. The van der Waals surface area contributed by atoms with Gasteiger partial charge >= 0.3 is 0 Å². The van der Waals surface area contributed by atoms with Crippen LogP contribution in [0.3, 0.4) is 0 Å². The number of pyridine rings is 1. The number of amides is 1. The fraction of sp³-hybridized carbons (Fsp3) is 0.136. The number of aromatic nitrogens is 6. The molecule has 1 aliphatic rings. The predicted molar refractivity (Wildman–Crippen MR) is 122 cm³/mol. The molecule has 4 heterocycles. The van der Waals surface area contributed by atoms with Crippen LogP contribution < -0.4 is 10.1 Å². The highest BCUT2D eigenvalue weighted by Gasteiger charge is 2.20. The summed E-state index contributed by atoms with van der Waals surface area (Å²) >= 11 is 1.32. The Labute approximate surface area is 192 Å². The zero-order valence-electron chi connectivity index (χ0n) is 17.5. The number of anilines is 1. The smallest absolute Gasteiger partial charge is 0.262 e. The number of aryl methyl sites for hydroxylation is 1. The molecule has 3 aromatic heterocycles. The minimum Gasteiger partial charge on any atom is -0.481 e. The van der Waals surface area contributed by atoms with Crippen LogP contribution in [0.2, 0.25) is 0 Å². The Bertz CT molecular complexity index is 1430. The monoisotopic (exact) mass is 463 g/mol. The van der Waals surface area contributed by atoms with Crippen LogP contribution in [-0.4, -0.2) is 42.0 Å². The number of ether oxygens (including phenoxy) is 1. The third-order valence-electron chi connectivity index (χ3n) is 5.00. The number of hydrogen-bond acceptors (Lipinski definition) is 7. The molecule has 0 fully saturated rings. The van der Waals surface area contributed by atoms with E-state index in [1.54, 1.807) is 33.9 Å². The first kappa shape index (κ1) is 20.9. The molecule has 1 amide bonds. The van der Waals surface area contributed by atoms with Gasteiger partial charge in [-0.3, -0.25) is 19.0 Å². The van der Waals surface area contributed by atoms with Gasteiger partial charge in [0, 0.05) is 40.9 Å². The summed E-state index contributed by atoms with van der Waals surface area (Å²) in [5.74, 6) is 0.518. The number of rotatable bonds is 6. The van der Waals surface area contributed by atoms with E-state index in [-0.39, 0.29) is 18.3 Å². The van der Waals surface area contributed by atoms with Crippen molar-refractivity contribution in [2.24, 2.45) is 7.05 Å². The first-order valence-corrected chi connectivity index (χ1v) is 10.7. The van der Waals surface area contributed by atoms with Crippen LogP contribution in [0, 0.1) is 0 Å². The van der Waals surface area contributed by atoms with E-state index in [9.17, 15) is 9.18 Å². The van der Waals surface area contributed by atoms with Crippen molar-refractivity contribution in [3.05, 3.63) is 60.8 Å². The van der Waals surface area contributed by atoms with E-state index in [0.29, 0.717) is 16.6 Å². The molecule has 0 aliphatic carbocycles. The molecule has 1 N–H and O–H groups in total. The van der Waals surface area contributed by atoms with Crippen LogP contribution in [0.5, 0.6) is 5.75 Å². The summed E-state index contributed by atoms with van der Waals surface area (Å²) in [6, 6.07) is 5.65. The number of nitrogens with one attached hydrogen (secondary N) is 1. The molecule has 1 aliphatic heterocycles. The summed E-state index contributed by atoms with van der Waals surface area (Å²) in [4.78, 5) is 16.8. The minimum absolute atomic E-state index is 0.0544. The van der Waals surface area contributed by atoms with E-state index in [2.05, 4.69) is 32.2 Å². The Morgan fingerprint density at radius 2 is 2.24 bits per heavy atom. The first-order chi connectivity index (χ1) is 16.1. The highest BCUT2D eigenvalue weighted by molar-refractivity contribution is 7.99. The summed E-state index contributed by atoms with van der Waals surface area (Å²) in [5.41, 5.74) is 2.84. The third-order valence-corrected chi connectivity index (χ3v) is 5.95. The molecular weight excluding hydrogens is 445 g/mol. The van der Waals surface area contributed by atoms with Gasteiger partial charge in [-0.05, 0) is 30.0 Å². The summed E-state index contributed by atoms with van der Waals surface area (Å²) in [7, 11) is 1.82. The minimum atomic E-state index is -0.774. The summed E-state index contributed by atoms with van der Waals surface area (Å²) in [6.07, 6.45) is 8.54. The molecule has 1 aromatic carbocycles. The van der Waals surface area contributed by atoms with Gasteiger partial charge in [0.1, 0.15) is 12.4 Å². The molecule has 5 rings (SSSR count). The molecule has 0 spiro atoms. The predicted octanol–water partition coefficient (Wildman–Crippen LogP) is 3.70. The van der Waals surface area contributed by atoms with Crippen LogP contribution in [0.4, 0.5) is 10.1 Å². The quantitative estimate of drug-likeness (QED) is 0.435. The van der Waals surface area contributed by atoms with E-state index in [1.807, 2.05) is 31.4 Å². The number of carbonyl (C=O) groups excluding carboxylic acids is 1. The average molecular weight is 463 g/mol. The Kier molecular flexibility index (Phi) is 5.38. The molecular formula is C22H18FN7O2S. The van der Waals surface area contributed by atoms with Crippen molar-refractivity contribution in [2.75, 3.05) is 11.9 Å². The van der Waals surface area contributed by atoms with Crippen molar-refractivity contribution in [3.63, 3.8) is 0 Å². The number of nitrogens with zero attached hydrogens (tertiary/aromatic N) is 6. The van der Waals surface area contributed by atoms with Gasteiger partial charge in [-0.2, -0.15) is 5.10 Å². The molecule has 4 aromatic rings. The number of carbonyl (C=O) groups is 1. The van der Waals surface area contributed by atoms with Crippen LogP contribution in [0.15, 0.2) is 59.5 Å². The van der Waals surface area contributed by atoms with Gasteiger partial charge in [-0.25, -0.2) is 4.39 Å². The zero-order valence-corrected chi connectivity index (χ0v) is 18.3. The molecule has 0 unspecified atom stereocenters. The number of hydrogen-bond donors (Lipinski definition) is 1. The van der Waals surface area contributed by atoms with Gasteiger partial charge in [0.15, 0.2) is 23.3 Å². The first-order valence-electron chi connectivity index (χ1n) is 9.92. The molecule has 33 heavy (non-hydrogen) atoms. The third kappa shape index (κ3) is 3.98. The van der Waals surface area contributed by atoms with E-state index in [4.69, 9.17) is 4.74 Å². The second-order valence-corrected chi connectivity index (χ2v) is 8.25. The highest BCUT2D eigenvalue weighted by Crippen LogP contribution is 2.38. The van der Waals surface area contributed by atoms with Gasteiger partial charge in [0.2, 0.25) is 0 Å². The Hall–Kier alpha value is -3.99. The standard InChI is InChI=1S/C22H18FN7O2S/c1-3-13(14-8-25-29(2)10-14)11-30-19(7-23)27-28-22(30)33-15-4-5-17-16(6-15)21-18(9-24-17)26-20(31)12-32-21/h3-6,8-11H,1,7,12H2,2H3,(H,26,31)/b13-11+. The highest BCUT2D eigenvalue weighted by atomic mass is 32.2. The van der Waals surface area contributed by atoms with Crippen molar-refractivity contribution in [1.29, 1.82) is 0 Å². The molecule has 0 bridgehead atoms. The maximum Gasteiger partial charge on any atom is 0.262 e. The summed E-state index contributed by atoms with van der Waals surface area (Å²) in [6.45, 7) is 3.04. The molecule has 0 saturated carbocycles. The molecule has 0 saturated heterocycles. The molecule has 9 nitrogen and oxygen atoms in total. The summed E-state index contributed by atoms with van der Waals surface area (Å²) in [5, 5.41) is 16.4. The molecule has 0 atom stereocenters. The lowest BCUT2D eigenvalue weighted by Gasteiger charge is -2.19.